The molecule has 10 heteroatoms. The van der Waals surface area contributed by atoms with Gasteiger partial charge in [-0.2, -0.15) is 5.10 Å². The van der Waals surface area contributed by atoms with Gasteiger partial charge in [-0.25, -0.2) is 14.6 Å². The molecule has 8 nitrogen and oxygen atoms in total. The summed E-state index contributed by atoms with van der Waals surface area (Å²) in [7, 11) is 0. The average Bonchev–Trinajstić information content (AvgIpc) is 3.19. The van der Waals surface area contributed by atoms with Gasteiger partial charge in [0, 0.05) is 10.0 Å². The lowest BCUT2D eigenvalue weighted by molar-refractivity contribution is -0.116. The Bertz CT molecular complexity index is 1240. The van der Waals surface area contributed by atoms with Gasteiger partial charge < -0.3 is 5.32 Å². The molecule has 2 heterocycles. The first-order valence-corrected chi connectivity index (χ1v) is 8.86. The lowest BCUT2D eigenvalue weighted by Crippen LogP contribution is -2.28. The Kier molecular flexibility index (Phi) is 4.81. The monoisotopic (exact) mass is 414 g/mol. The normalized spacial score (nSPS) is 10.9. The van der Waals surface area contributed by atoms with Crippen molar-refractivity contribution in [2.24, 2.45) is 0 Å². The molecule has 140 valence electrons. The molecule has 0 aliphatic rings. The van der Waals surface area contributed by atoms with E-state index in [1.54, 1.807) is 30.3 Å². The van der Waals surface area contributed by atoms with Crippen LogP contribution in [0.1, 0.15) is 0 Å². The lowest BCUT2D eigenvalue weighted by Gasteiger charge is -2.12. The van der Waals surface area contributed by atoms with Crippen LogP contribution < -0.4 is 10.9 Å². The fourth-order valence-corrected chi connectivity index (χ4v) is 3.07. The lowest BCUT2D eigenvalue weighted by atomic mass is 10.2. The van der Waals surface area contributed by atoms with Crippen molar-refractivity contribution in [1.29, 1.82) is 0 Å². The molecule has 0 spiro atoms. The smallest absolute Gasteiger partial charge is 0.261 e. The molecule has 2 aromatic carbocycles. The summed E-state index contributed by atoms with van der Waals surface area (Å²) in [5, 5.41) is 8.01. The highest BCUT2D eigenvalue weighted by molar-refractivity contribution is 6.31. The van der Waals surface area contributed by atoms with E-state index in [2.05, 4.69) is 20.4 Å². The van der Waals surface area contributed by atoms with Crippen molar-refractivity contribution in [2.45, 2.75) is 6.54 Å². The minimum Gasteiger partial charge on any atom is -0.323 e. The van der Waals surface area contributed by atoms with Crippen molar-refractivity contribution >= 4 is 45.7 Å². The van der Waals surface area contributed by atoms with E-state index in [1.165, 1.54) is 34.3 Å². The van der Waals surface area contributed by atoms with Crippen molar-refractivity contribution in [2.75, 3.05) is 5.32 Å². The first-order valence-electron chi connectivity index (χ1n) is 8.10. The van der Waals surface area contributed by atoms with Crippen LogP contribution in [0.15, 0.2) is 60.2 Å². The van der Waals surface area contributed by atoms with E-state index in [-0.39, 0.29) is 12.1 Å². The Morgan fingerprint density at radius 2 is 1.86 bits per heavy atom. The molecule has 0 bridgehead atoms. The molecule has 0 unspecified atom stereocenters. The summed E-state index contributed by atoms with van der Waals surface area (Å²) >= 11 is 12.0. The maximum Gasteiger partial charge on any atom is 0.261 e. The van der Waals surface area contributed by atoms with Gasteiger partial charge in [-0.1, -0.05) is 23.2 Å². The van der Waals surface area contributed by atoms with Gasteiger partial charge in [0.05, 0.1) is 28.6 Å². The van der Waals surface area contributed by atoms with E-state index < -0.39 is 5.91 Å². The van der Waals surface area contributed by atoms with E-state index in [4.69, 9.17) is 23.2 Å². The zero-order chi connectivity index (χ0) is 19.7. The number of hydrogen-bond donors (Lipinski definition) is 1. The van der Waals surface area contributed by atoms with Gasteiger partial charge in [0.2, 0.25) is 5.91 Å². The summed E-state index contributed by atoms with van der Waals surface area (Å²) in [5.74, 6) is -0.422. The van der Waals surface area contributed by atoms with E-state index in [0.717, 1.165) is 0 Å². The minimum absolute atomic E-state index is 0.225. The molecule has 0 radical (unpaired) electrons. The number of benzene rings is 2. The van der Waals surface area contributed by atoms with Gasteiger partial charge in [-0.3, -0.25) is 14.2 Å². The van der Waals surface area contributed by atoms with Crippen molar-refractivity contribution in [3.63, 3.8) is 0 Å². The molecule has 0 atom stereocenters. The maximum absolute atomic E-state index is 12.6. The van der Waals surface area contributed by atoms with Crippen LogP contribution in [0.3, 0.4) is 0 Å². The van der Waals surface area contributed by atoms with Gasteiger partial charge in [-0.05, 0) is 36.4 Å². The fourth-order valence-electron chi connectivity index (χ4n) is 2.73. The highest BCUT2D eigenvalue weighted by atomic mass is 35.5. The first kappa shape index (κ1) is 18.1. The Morgan fingerprint density at radius 3 is 2.64 bits per heavy atom. The topological polar surface area (TPSA) is 94.7 Å². The van der Waals surface area contributed by atoms with Crippen LogP contribution in [0.5, 0.6) is 0 Å². The number of aromatic nitrogens is 5. The number of carbonyl (C=O) groups is 1. The van der Waals surface area contributed by atoms with Gasteiger partial charge in [0.25, 0.3) is 5.56 Å². The van der Waals surface area contributed by atoms with E-state index in [1.807, 2.05) is 0 Å². The number of anilines is 1. The molecule has 28 heavy (non-hydrogen) atoms. The highest BCUT2D eigenvalue weighted by Crippen LogP contribution is 2.24. The number of rotatable bonds is 4. The maximum atomic E-state index is 12.6. The molecular weight excluding hydrogens is 403 g/mol. The third-order valence-corrected chi connectivity index (χ3v) is 4.47. The second kappa shape index (κ2) is 7.41. The molecular formula is C18H12Cl2N6O2. The minimum atomic E-state index is -0.422. The average molecular weight is 415 g/mol. The van der Waals surface area contributed by atoms with Gasteiger partial charge in [-0.15, -0.1) is 0 Å². The van der Waals surface area contributed by atoms with Gasteiger partial charge in [0.15, 0.2) is 0 Å². The second-order valence-corrected chi connectivity index (χ2v) is 6.76. The Morgan fingerprint density at radius 1 is 1.07 bits per heavy atom. The standard InChI is InChI=1S/C18H12Cl2N6O2/c19-11-1-3-14-13(5-11)18(28)25(10-22-14)7-17(27)24-15-6-12(20)2-4-16(15)26-9-21-8-23-26/h1-6,8-10H,7H2,(H,24,27). The molecule has 0 fully saturated rings. The number of amides is 1. The zero-order valence-corrected chi connectivity index (χ0v) is 15.7. The predicted molar refractivity (Wildman–Crippen MR) is 106 cm³/mol. The summed E-state index contributed by atoms with van der Waals surface area (Å²) in [6.45, 7) is -0.225. The Balaban J connectivity index is 1.62. The number of nitrogens with zero attached hydrogens (tertiary/aromatic N) is 5. The van der Waals surface area contributed by atoms with E-state index in [9.17, 15) is 9.59 Å². The Hall–Kier alpha value is -3.23. The Labute approximate surface area is 168 Å². The van der Waals surface area contributed by atoms with E-state index in [0.29, 0.717) is 32.3 Å². The predicted octanol–water partition coefficient (Wildman–Crippen LogP) is 2.92. The largest absolute Gasteiger partial charge is 0.323 e. The van der Waals surface area contributed by atoms with Crippen LogP contribution in [-0.2, 0) is 11.3 Å². The molecule has 1 N–H and O–H groups in total. The molecule has 0 saturated carbocycles. The molecule has 1 amide bonds. The van der Waals surface area contributed by atoms with E-state index >= 15 is 0 Å². The summed E-state index contributed by atoms with van der Waals surface area (Å²) in [6, 6.07) is 9.81. The third kappa shape index (κ3) is 3.60. The molecule has 0 saturated heterocycles. The van der Waals surface area contributed by atoms with Crippen molar-refractivity contribution in [3.05, 3.63) is 75.8 Å². The third-order valence-electron chi connectivity index (χ3n) is 4.00. The van der Waals surface area contributed by atoms with Gasteiger partial charge in [0.1, 0.15) is 19.2 Å². The van der Waals surface area contributed by atoms with Crippen molar-refractivity contribution < 1.29 is 4.79 Å². The van der Waals surface area contributed by atoms with Crippen LogP contribution in [0.4, 0.5) is 5.69 Å². The number of hydrogen-bond acceptors (Lipinski definition) is 5. The van der Waals surface area contributed by atoms with Crippen LogP contribution in [-0.4, -0.2) is 30.2 Å². The van der Waals surface area contributed by atoms with Crippen LogP contribution in [0, 0.1) is 0 Å². The number of fused-ring (bicyclic) bond motifs is 1. The number of halogens is 2. The fraction of sp³-hybridized carbons (Fsp3) is 0.0556. The molecule has 4 aromatic rings. The van der Waals surface area contributed by atoms with Crippen LogP contribution in [0.2, 0.25) is 10.0 Å². The van der Waals surface area contributed by atoms with Crippen molar-refractivity contribution in [1.82, 2.24) is 24.3 Å². The SMILES string of the molecule is O=C(Cn1cnc2ccc(Cl)cc2c1=O)Nc1cc(Cl)ccc1-n1cncn1. The number of nitrogens with one attached hydrogen (secondary N) is 1. The summed E-state index contributed by atoms with van der Waals surface area (Å²) in [6.07, 6.45) is 4.21. The summed E-state index contributed by atoms with van der Waals surface area (Å²) < 4.78 is 2.71. The van der Waals surface area contributed by atoms with Crippen molar-refractivity contribution in [3.8, 4) is 5.69 Å². The molecule has 2 aromatic heterocycles. The summed E-state index contributed by atoms with van der Waals surface area (Å²) in [5.41, 5.74) is 1.18. The quantitative estimate of drug-likeness (QED) is 0.553. The first-order chi connectivity index (χ1) is 13.5. The van der Waals surface area contributed by atoms with Crippen LogP contribution in [0.25, 0.3) is 16.6 Å². The number of carbonyl (C=O) groups excluding carboxylic acids is 1. The second-order valence-electron chi connectivity index (χ2n) is 5.89. The molecule has 0 aliphatic carbocycles. The molecule has 4 rings (SSSR count). The van der Waals surface area contributed by atoms with Gasteiger partial charge >= 0.3 is 0 Å². The zero-order valence-electron chi connectivity index (χ0n) is 14.2. The summed E-state index contributed by atoms with van der Waals surface area (Å²) in [4.78, 5) is 33.3. The molecule has 0 aliphatic heterocycles. The highest BCUT2D eigenvalue weighted by Gasteiger charge is 2.12. The van der Waals surface area contributed by atoms with Crippen LogP contribution >= 0.6 is 23.2 Å².